The highest BCUT2D eigenvalue weighted by Gasteiger charge is 2.21. The SMILES string of the molecule is COC(=O)CCc1c(C)nn(-c2ccc(C(=O)OC(C)C(=O)Nc3c(C)cccc3C)cc2)c1C. The van der Waals surface area contributed by atoms with E-state index in [1.807, 2.05) is 45.9 Å². The second kappa shape index (κ2) is 11.0. The summed E-state index contributed by atoms with van der Waals surface area (Å²) in [6, 6.07) is 12.5. The molecule has 1 aromatic heterocycles. The molecule has 0 saturated carbocycles. The highest BCUT2D eigenvalue weighted by molar-refractivity contribution is 5.98. The molecule has 1 N–H and O–H groups in total. The number of rotatable bonds is 8. The lowest BCUT2D eigenvalue weighted by Gasteiger charge is -2.16. The van der Waals surface area contributed by atoms with E-state index in [2.05, 4.69) is 10.4 Å². The number of hydrogen-bond acceptors (Lipinski definition) is 6. The van der Waals surface area contributed by atoms with Crippen molar-refractivity contribution in [1.82, 2.24) is 9.78 Å². The molecule has 1 heterocycles. The number of methoxy groups -OCH3 is 1. The Labute approximate surface area is 205 Å². The lowest BCUT2D eigenvalue weighted by molar-refractivity contribution is -0.140. The van der Waals surface area contributed by atoms with E-state index in [9.17, 15) is 14.4 Å². The quantitative estimate of drug-likeness (QED) is 0.483. The topological polar surface area (TPSA) is 99.5 Å². The predicted molar refractivity (Wildman–Crippen MR) is 133 cm³/mol. The highest BCUT2D eigenvalue weighted by atomic mass is 16.5. The molecule has 0 aliphatic rings. The molecule has 8 nitrogen and oxygen atoms in total. The molecule has 0 aliphatic heterocycles. The van der Waals surface area contributed by atoms with E-state index < -0.39 is 18.0 Å². The molecule has 0 bridgehead atoms. The third-order valence-electron chi connectivity index (χ3n) is 5.98. The summed E-state index contributed by atoms with van der Waals surface area (Å²) in [4.78, 5) is 36.7. The van der Waals surface area contributed by atoms with Crippen LogP contribution in [-0.2, 0) is 25.5 Å². The first-order valence-electron chi connectivity index (χ1n) is 11.4. The van der Waals surface area contributed by atoms with Crippen LogP contribution in [0.5, 0.6) is 0 Å². The summed E-state index contributed by atoms with van der Waals surface area (Å²) in [5.41, 5.74) is 6.43. The fourth-order valence-corrected chi connectivity index (χ4v) is 3.87. The average Bonchev–Trinajstić information content (AvgIpc) is 3.12. The number of anilines is 1. The number of hydrogen-bond donors (Lipinski definition) is 1. The minimum absolute atomic E-state index is 0.267. The van der Waals surface area contributed by atoms with Gasteiger partial charge in [-0.15, -0.1) is 0 Å². The van der Waals surface area contributed by atoms with Gasteiger partial charge in [-0.05, 0) is 82.0 Å². The maximum atomic E-state index is 12.6. The Morgan fingerprint density at radius 3 is 2.23 bits per heavy atom. The average molecular weight is 478 g/mol. The molecule has 184 valence electrons. The lowest BCUT2D eigenvalue weighted by atomic mass is 10.1. The van der Waals surface area contributed by atoms with Crippen molar-refractivity contribution in [3.63, 3.8) is 0 Å². The predicted octanol–water partition coefficient (Wildman–Crippen LogP) is 4.40. The van der Waals surface area contributed by atoms with Crippen LogP contribution < -0.4 is 5.32 Å². The number of benzene rings is 2. The van der Waals surface area contributed by atoms with Gasteiger partial charge in [0.1, 0.15) is 0 Å². The number of esters is 2. The number of aryl methyl sites for hydroxylation is 3. The van der Waals surface area contributed by atoms with E-state index in [-0.39, 0.29) is 12.4 Å². The summed E-state index contributed by atoms with van der Waals surface area (Å²) in [7, 11) is 1.37. The van der Waals surface area contributed by atoms with Gasteiger partial charge in [-0.25, -0.2) is 9.48 Å². The first-order chi connectivity index (χ1) is 16.6. The van der Waals surface area contributed by atoms with E-state index in [0.29, 0.717) is 12.0 Å². The molecule has 2 aromatic carbocycles. The van der Waals surface area contributed by atoms with Crippen LogP contribution in [0, 0.1) is 27.7 Å². The maximum Gasteiger partial charge on any atom is 0.338 e. The summed E-state index contributed by atoms with van der Waals surface area (Å²) in [5.74, 6) is -1.25. The Bertz CT molecular complexity index is 1220. The summed E-state index contributed by atoms with van der Waals surface area (Å²) in [6.45, 7) is 9.19. The summed E-state index contributed by atoms with van der Waals surface area (Å²) < 4.78 is 11.9. The van der Waals surface area contributed by atoms with Crippen LogP contribution in [0.1, 0.15) is 51.8 Å². The third-order valence-corrected chi connectivity index (χ3v) is 5.98. The van der Waals surface area contributed by atoms with Crippen molar-refractivity contribution in [3.05, 3.63) is 76.1 Å². The largest absolute Gasteiger partial charge is 0.469 e. The smallest absolute Gasteiger partial charge is 0.338 e. The Kier molecular flexibility index (Phi) is 8.06. The van der Waals surface area contributed by atoms with Crippen molar-refractivity contribution in [1.29, 1.82) is 0 Å². The number of ether oxygens (including phenoxy) is 2. The van der Waals surface area contributed by atoms with Crippen molar-refractivity contribution in [3.8, 4) is 5.69 Å². The molecule has 1 amide bonds. The third kappa shape index (κ3) is 5.95. The molecular formula is C27H31N3O5. The van der Waals surface area contributed by atoms with Gasteiger partial charge in [-0.1, -0.05) is 18.2 Å². The van der Waals surface area contributed by atoms with E-state index >= 15 is 0 Å². The number of carbonyl (C=O) groups excluding carboxylic acids is 3. The zero-order valence-corrected chi connectivity index (χ0v) is 21.0. The monoisotopic (exact) mass is 477 g/mol. The molecular weight excluding hydrogens is 446 g/mol. The number of amides is 1. The Hall–Kier alpha value is -3.94. The van der Waals surface area contributed by atoms with E-state index in [0.717, 1.165) is 39.5 Å². The van der Waals surface area contributed by atoms with E-state index in [4.69, 9.17) is 9.47 Å². The van der Waals surface area contributed by atoms with Gasteiger partial charge in [0.2, 0.25) is 0 Å². The molecule has 0 fully saturated rings. The Morgan fingerprint density at radius 2 is 1.63 bits per heavy atom. The van der Waals surface area contributed by atoms with Gasteiger partial charge >= 0.3 is 11.9 Å². The standard InChI is InChI=1S/C27H31N3O5/c1-16-8-7-9-17(2)25(16)28-26(32)20(5)35-27(33)21-10-12-22(13-11-21)30-19(4)23(18(3)29-30)14-15-24(31)34-6/h7-13,20H,14-15H2,1-6H3,(H,28,32). The van der Waals surface area contributed by atoms with Crippen LogP contribution in [0.25, 0.3) is 5.69 Å². The number of carbonyl (C=O) groups is 3. The van der Waals surface area contributed by atoms with Crippen molar-refractivity contribution in [2.45, 2.75) is 53.6 Å². The molecule has 3 rings (SSSR count). The maximum absolute atomic E-state index is 12.6. The van der Waals surface area contributed by atoms with Crippen LogP contribution in [-0.4, -0.2) is 40.8 Å². The summed E-state index contributed by atoms with van der Waals surface area (Å²) in [5, 5.41) is 7.42. The Morgan fingerprint density at radius 1 is 1.00 bits per heavy atom. The molecule has 8 heteroatoms. The van der Waals surface area contributed by atoms with Crippen LogP contribution in [0.3, 0.4) is 0 Å². The van der Waals surface area contributed by atoms with Crippen LogP contribution in [0.4, 0.5) is 5.69 Å². The fourth-order valence-electron chi connectivity index (χ4n) is 3.87. The number of aromatic nitrogens is 2. The fraction of sp³-hybridized carbons (Fsp3) is 0.333. The molecule has 0 spiro atoms. The van der Waals surface area contributed by atoms with Gasteiger partial charge in [-0.2, -0.15) is 5.10 Å². The molecule has 35 heavy (non-hydrogen) atoms. The zero-order chi connectivity index (χ0) is 25.7. The lowest BCUT2D eigenvalue weighted by Crippen LogP contribution is -2.30. The van der Waals surface area contributed by atoms with Crippen molar-refractivity contribution in [2.24, 2.45) is 0 Å². The van der Waals surface area contributed by atoms with Gasteiger partial charge in [0, 0.05) is 17.8 Å². The van der Waals surface area contributed by atoms with Crippen LogP contribution in [0.2, 0.25) is 0 Å². The van der Waals surface area contributed by atoms with E-state index in [1.54, 1.807) is 35.9 Å². The summed E-state index contributed by atoms with van der Waals surface area (Å²) in [6.07, 6.45) is -0.143. The molecule has 1 atom stereocenters. The van der Waals surface area contributed by atoms with Crippen molar-refractivity contribution in [2.75, 3.05) is 12.4 Å². The van der Waals surface area contributed by atoms with E-state index in [1.165, 1.54) is 7.11 Å². The number of para-hydroxylation sites is 1. The minimum Gasteiger partial charge on any atom is -0.469 e. The second-order valence-corrected chi connectivity index (χ2v) is 8.49. The molecule has 0 aliphatic carbocycles. The van der Waals surface area contributed by atoms with Gasteiger partial charge in [0.05, 0.1) is 24.1 Å². The van der Waals surface area contributed by atoms with Gasteiger partial charge < -0.3 is 14.8 Å². The molecule has 0 saturated heterocycles. The van der Waals surface area contributed by atoms with Gasteiger partial charge in [0.15, 0.2) is 6.10 Å². The van der Waals surface area contributed by atoms with Gasteiger partial charge in [0.25, 0.3) is 5.91 Å². The van der Waals surface area contributed by atoms with Gasteiger partial charge in [-0.3, -0.25) is 9.59 Å². The normalized spacial score (nSPS) is 11.6. The number of nitrogens with one attached hydrogen (secondary N) is 1. The first-order valence-corrected chi connectivity index (χ1v) is 11.4. The molecule has 0 radical (unpaired) electrons. The minimum atomic E-state index is -0.963. The molecule has 1 unspecified atom stereocenters. The van der Waals surface area contributed by atoms with Crippen LogP contribution >= 0.6 is 0 Å². The zero-order valence-electron chi connectivity index (χ0n) is 21.0. The summed E-state index contributed by atoms with van der Waals surface area (Å²) >= 11 is 0. The van der Waals surface area contributed by atoms with Crippen LogP contribution in [0.15, 0.2) is 42.5 Å². The molecule has 3 aromatic rings. The highest BCUT2D eigenvalue weighted by Crippen LogP contribution is 2.22. The van der Waals surface area contributed by atoms with Crippen molar-refractivity contribution < 1.29 is 23.9 Å². The Balaban J connectivity index is 1.67. The van der Waals surface area contributed by atoms with Crippen molar-refractivity contribution >= 4 is 23.5 Å². The second-order valence-electron chi connectivity index (χ2n) is 8.49. The number of nitrogens with zero attached hydrogens (tertiary/aromatic N) is 2. The first kappa shape index (κ1) is 25.7.